The van der Waals surface area contributed by atoms with Crippen LogP contribution in [0.2, 0.25) is 0 Å². The third-order valence-electron chi connectivity index (χ3n) is 3.09. The topological polar surface area (TPSA) is 53.8 Å². The molecule has 0 unspecified atom stereocenters. The molecule has 3 rings (SSSR count). The number of rotatable bonds is 3. The first-order chi connectivity index (χ1) is 11.1. The van der Waals surface area contributed by atoms with E-state index in [4.69, 9.17) is 0 Å². The van der Waals surface area contributed by atoms with Gasteiger partial charge in [-0.25, -0.2) is 8.78 Å². The van der Waals surface area contributed by atoms with E-state index in [1.54, 1.807) is 24.3 Å². The lowest BCUT2D eigenvalue weighted by molar-refractivity contribution is -0.116. The third kappa shape index (κ3) is 3.81. The van der Waals surface area contributed by atoms with E-state index >= 15 is 0 Å². The van der Waals surface area contributed by atoms with E-state index < -0.39 is 11.6 Å². The van der Waals surface area contributed by atoms with Crippen LogP contribution in [0.1, 0.15) is 5.56 Å². The van der Waals surface area contributed by atoms with Crippen LogP contribution in [0.4, 0.5) is 8.78 Å². The van der Waals surface area contributed by atoms with Gasteiger partial charge in [0, 0.05) is 11.6 Å². The lowest BCUT2D eigenvalue weighted by atomic mass is 10.0. The molecule has 1 saturated heterocycles. The zero-order valence-electron chi connectivity index (χ0n) is 11.8. The fraction of sp³-hybridized carbons (Fsp3) is 0.0625. The molecule has 0 spiro atoms. The number of carbonyl (C=O) groups excluding carboxylic acids is 1. The molecular weight excluding hydrogens is 320 g/mol. The molecule has 2 aromatic rings. The normalized spacial score (nSPS) is 16.3. The Balaban J connectivity index is 1.73. The van der Waals surface area contributed by atoms with E-state index in [0.29, 0.717) is 22.0 Å². The van der Waals surface area contributed by atoms with Crippen LogP contribution in [0.25, 0.3) is 11.1 Å². The molecular formula is C16H11F2N3OS. The van der Waals surface area contributed by atoms with Crippen molar-refractivity contribution < 1.29 is 13.6 Å². The molecule has 23 heavy (non-hydrogen) atoms. The van der Waals surface area contributed by atoms with Crippen LogP contribution in [0, 0.1) is 11.6 Å². The third-order valence-corrected chi connectivity index (χ3v) is 3.96. The molecule has 1 aliphatic rings. The van der Waals surface area contributed by atoms with Gasteiger partial charge in [0.05, 0.1) is 12.0 Å². The second-order valence-corrected chi connectivity index (χ2v) is 5.70. The summed E-state index contributed by atoms with van der Waals surface area (Å²) < 4.78 is 26.6. The number of halogens is 2. The molecule has 1 amide bonds. The van der Waals surface area contributed by atoms with E-state index in [9.17, 15) is 13.6 Å². The molecule has 0 bridgehead atoms. The SMILES string of the molecule is O=C1CSC(=NN=Cc2ccc(-c3ccc(F)cc3F)cc2)N1. The Morgan fingerprint density at radius 3 is 2.57 bits per heavy atom. The van der Waals surface area contributed by atoms with Crippen LogP contribution < -0.4 is 5.32 Å². The summed E-state index contributed by atoms with van der Waals surface area (Å²) in [5.41, 5.74) is 1.75. The Labute approximate surface area is 135 Å². The number of amidine groups is 1. The molecule has 116 valence electrons. The predicted octanol–water partition coefficient (Wildman–Crippen LogP) is 3.18. The van der Waals surface area contributed by atoms with Gasteiger partial charge in [-0.3, -0.25) is 4.79 Å². The number of carbonyl (C=O) groups is 1. The molecule has 0 aromatic heterocycles. The molecule has 0 atom stereocenters. The second-order valence-electron chi connectivity index (χ2n) is 4.73. The molecule has 4 nitrogen and oxygen atoms in total. The van der Waals surface area contributed by atoms with Crippen molar-refractivity contribution in [3.05, 3.63) is 59.7 Å². The van der Waals surface area contributed by atoms with Gasteiger partial charge in [-0.2, -0.15) is 5.10 Å². The van der Waals surface area contributed by atoms with Crippen LogP contribution in [-0.4, -0.2) is 23.0 Å². The van der Waals surface area contributed by atoms with Gasteiger partial charge in [-0.15, -0.1) is 5.10 Å². The second kappa shape index (κ2) is 6.70. The molecule has 2 aromatic carbocycles. The lowest BCUT2D eigenvalue weighted by Crippen LogP contribution is -2.19. The average molecular weight is 331 g/mol. The van der Waals surface area contributed by atoms with E-state index in [2.05, 4.69) is 15.5 Å². The average Bonchev–Trinajstić information content (AvgIpc) is 2.94. The van der Waals surface area contributed by atoms with E-state index in [0.717, 1.165) is 11.6 Å². The van der Waals surface area contributed by atoms with E-state index in [-0.39, 0.29) is 5.91 Å². The van der Waals surface area contributed by atoms with Gasteiger partial charge < -0.3 is 5.32 Å². The first kappa shape index (κ1) is 15.4. The molecule has 1 aliphatic heterocycles. The lowest BCUT2D eigenvalue weighted by Gasteiger charge is -2.03. The summed E-state index contributed by atoms with van der Waals surface area (Å²) in [5, 5.41) is 10.8. The number of nitrogens with zero attached hydrogens (tertiary/aromatic N) is 2. The van der Waals surface area contributed by atoms with Crippen molar-refractivity contribution in [2.45, 2.75) is 0 Å². The van der Waals surface area contributed by atoms with Crippen LogP contribution in [-0.2, 0) is 4.79 Å². The number of thioether (sulfide) groups is 1. The molecule has 7 heteroatoms. The van der Waals surface area contributed by atoms with Crippen LogP contribution in [0.3, 0.4) is 0 Å². The van der Waals surface area contributed by atoms with Crippen LogP contribution in [0.5, 0.6) is 0 Å². The molecule has 1 heterocycles. The maximum absolute atomic E-state index is 13.7. The summed E-state index contributed by atoms with van der Waals surface area (Å²) in [6.07, 6.45) is 1.53. The Morgan fingerprint density at radius 2 is 1.91 bits per heavy atom. The standard InChI is InChI=1S/C16H11F2N3OS/c17-12-5-6-13(14(18)7-12)11-3-1-10(2-4-11)8-19-21-16-20-15(22)9-23-16/h1-8H,9H2,(H,20,21,22). The maximum atomic E-state index is 13.7. The predicted molar refractivity (Wildman–Crippen MR) is 87.4 cm³/mol. The highest BCUT2D eigenvalue weighted by Crippen LogP contribution is 2.23. The first-order valence-electron chi connectivity index (χ1n) is 6.71. The Kier molecular flexibility index (Phi) is 4.47. The van der Waals surface area contributed by atoms with Gasteiger partial charge in [-0.1, -0.05) is 36.0 Å². The van der Waals surface area contributed by atoms with Crippen molar-refractivity contribution in [2.75, 3.05) is 5.75 Å². The smallest absolute Gasteiger partial charge is 0.236 e. The summed E-state index contributed by atoms with van der Waals surface area (Å²) >= 11 is 1.29. The van der Waals surface area contributed by atoms with Gasteiger partial charge in [-0.05, 0) is 23.3 Å². The largest absolute Gasteiger partial charge is 0.303 e. The van der Waals surface area contributed by atoms with Crippen molar-refractivity contribution in [2.24, 2.45) is 10.2 Å². The zero-order valence-corrected chi connectivity index (χ0v) is 12.6. The van der Waals surface area contributed by atoms with E-state index in [1.807, 2.05) is 0 Å². The number of benzene rings is 2. The molecule has 0 radical (unpaired) electrons. The quantitative estimate of drug-likeness (QED) is 0.694. The Hall–Kier alpha value is -2.54. The summed E-state index contributed by atoms with van der Waals surface area (Å²) in [6, 6.07) is 10.4. The highest BCUT2D eigenvalue weighted by Gasteiger charge is 2.15. The Morgan fingerprint density at radius 1 is 1.13 bits per heavy atom. The Bertz CT molecular complexity index is 803. The number of hydrogen-bond donors (Lipinski definition) is 1. The van der Waals surface area contributed by atoms with E-state index in [1.165, 1.54) is 30.1 Å². The van der Waals surface area contributed by atoms with Gasteiger partial charge in [0.2, 0.25) is 5.91 Å². The van der Waals surface area contributed by atoms with Crippen molar-refractivity contribution in [3.63, 3.8) is 0 Å². The summed E-state index contributed by atoms with van der Waals surface area (Å²) in [7, 11) is 0. The molecule has 1 N–H and O–H groups in total. The van der Waals surface area contributed by atoms with Crippen LogP contribution in [0.15, 0.2) is 52.7 Å². The highest BCUT2D eigenvalue weighted by molar-refractivity contribution is 8.15. The van der Waals surface area contributed by atoms with Gasteiger partial charge in [0.25, 0.3) is 0 Å². The fourth-order valence-electron chi connectivity index (χ4n) is 2.00. The summed E-state index contributed by atoms with van der Waals surface area (Å²) in [4.78, 5) is 11.0. The first-order valence-corrected chi connectivity index (χ1v) is 7.69. The minimum atomic E-state index is -0.606. The molecule has 0 aliphatic carbocycles. The maximum Gasteiger partial charge on any atom is 0.236 e. The summed E-state index contributed by atoms with van der Waals surface area (Å²) in [5.74, 6) is -0.945. The highest BCUT2D eigenvalue weighted by atomic mass is 32.2. The van der Waals surface area contributed by atoms with Crippen LogP contribution >= 0.6 is 11.8 Å². The number of amides is 1. The monoisotopic (exact) mass is 331 g/mol. The minimum Gasteiger partial charge on any atom is -0.303 e. The van der Waals surface area contributed by atoms with Gasteiger partial charge in [0.15, 0.2) is 5.17 Å². The fourth-order valence-corrected chi connectivity index (χ4v) is 2.63. The van der Waals surface area contributed by atoms with Gasteiger partial charge >= 0.3 is 0 Å². The van der Waals surface area contributed by atoms with Gasteiger partial charge in [0.1, 0.15) is 11.6 Å². The zero-order chi connectivity index (χ0) is 16.2. The van der Waals surface area contributed by atoms with Crippen molar-refractivity contribution in [3.8, 4) is 11.1 Å². The molecule has 0 saturated carbocycles. The number of nitrogens with one attached hydrogen (secondary N) is 1. The van der Waals surface area contributed by atoms with Crippen molar-refractivity contribution in [1.82, 2.24) is 5.32 Å². The van der Waals surface area contributed by atoms with Crippen molar-refractivity contribution in [1.29, 1.82) is 0 Å². The minimum absolute atomic E-state index is 0.0883. The number of hydrogen-bond acceptors (Lipinski definition) is 4. The summed E-state index contributed by atoms with van der Waals surface area (Å²) in [6.45, 7) is 0. The molecule has 1 fully saturated rings. The van der Waals surface area contributed by atoms with Crippen molar-refractivity contribution >= 4 is 29.1 Å².